The third kappa shape index (κ3) is 7.64. The van der Waals surface area contributed by atoms with Crippen molar-refractivity contribution in [2.45, 2.75) is 27.7 Å². The number of aryl methyl sites for hydroxylation is 4. The van der Waals surface area contributed by atoms with Crippen molar-refractivity contribution in [1.29, 1.82) is 0 Å². The molecule has 0 aromatic heterocycles. The summed E-state index contributed by atoms with van der Waals surface area (Å²) >= 11 is 0. The number of nitrogens with zero attached hydrogens (tertiary/aromatic N) is 2. The third-order valence-corrected chi connectivity index (χ3v) is 9.21. The van der Waals surface area contributed by atoms with Crippen molar-refractivity contribution in [3.8, 4) is 11.5 Å². The van der Waals surface area contributed by atoms with E-state index < -0.39 is 11.9 Å². The molecule has 0 bridgehead atoms. The first-order valence-electron chi connectivity index (χ1n) is 17.8. The molecule has 7 aromatic carbocycles. The van der Waals surface area contributed by atoms with Gasteiger partial charge in [0.1, 0.15) is 11.5 Å². The summed E-state index contributed by atoms with van der Waals surface area (Å²) in [5.74, 6) is -0.0254. The van der Waals surface area contributed by atoms with Crippen molar-refractivity contribution in [2.75, 3.05) is 9.80 Å². The second-order valence-electron chi connectivity index (χ2n) is 13.2. The van der Waals surface area contributed by atoms with Crippen molar-refractivity contribution in [1.82, 2.24) is 0 Å². The Morgan fingerprint density at radius 3 is 0.833 bits per heavy atom. The Balaban J connectivity index is 1.07. The SMILES string of the molecule is Cc1cc(N(c2ccccc2)c2ccccc2)cc(C)c1OC(=O)c1ccc(C(=O)Oc2c(C)cc(N(c3ccccc3)c3ccccc3)cc2C)cc1. The summed E-state index contributed by atoms with van der Waals surface area (Å²) in [6.45, 7) is 7.74. The Hall–Kier alpha value is -6.92. The largest absolute Gasteiger partial charge is 0.422 e. The fourth-order valence-electron chi connectivity index (χ4n) is 6.68. The third-order valence-electron chi connectivity index (χ3n) is 9.21. The molecule has 0 N–H and O–H groups in total. The van der Waals surface area contributed by atoms with E-state index in [1.165, 1.54) is 0 Å². The van der Waals surface area contributed by atoms with Crippen LogP contribution in [0.25, 0.3) is 0 Å². The van der Waals surface area contributed by atoms with E-state index in [0.717, 1.165) is 56.4 Å². The van der Waals surface area contributed by atoms with E-state index in [1.807, 2.05) is 125 Å². The van der Waals surface area contributed by atoms with E-state index in [-0.39, 0.29) is 0 Å². The van der Waals surface area contributed by atoms with Crippen molar-refractivity contribution < 1.29 is 19.1 Å². The van der Waals surface area contributed by atoms with E-state index >= 15 is 0 Å². The summed E-state index contributed by atoms with van der Waals surface area (Å²) in [4.78, 5) is 31.1. The standard InChI is InChI=1S/C48H40N2O4/c1-33-29-43(49(39-17-9-5-10-18-39)40-19-11-6-12-20-40)30-34(2)45(33)53-47(51)37-25-27-38(28-26-37)48(52)54-46-35(3)31-44(32-36(46)4)50(41-21-13-7-14-22-41)42-23-15-8-16-24-42/h5-32H,1-4H3. The molecule has 266 valence electrons. The number of carbonyl (C=O) groups excluding carboxylic acids is 2. The van der Waals surface area contributed by atoms with Crippen LogP contribution in [0.4, 0.5) is 34.1 Å². The maximum atomic E-state index is 13.4. The van der Waals surface area contributed by atoms with Gasteiger partial charge in [-0.05, 0) is 147 Å². The predicted molar refractivity (Wildman–Crippen MR) is 218 cm³/mol. The van der Waals surface area contributed by atoms with E-state index in [9.17, 15) is 9.59 Å². The summed E-state index contributed by atoms with van der Waals surface area (Å²) in [6, 6.07) is 55.0. The molecular weight excluding hydrogens is 669 g/mol. The molecule has 0 heterocycles. The lowest BCUT2D eigenvalue weighted by Crippen LogP contribution is -2.14. The van der Waals surface area contributed by atoms with Crippen LogP contribution in [-0.2, 0) is 0 Å². The molecular formula is C48H40N2O4. The minimum atomic E-state index is -0.513. The first-order chi connectivity index (χ1) is 26.3. The lowest BCUT2D eigenvalue weighted by Gasteiger charge is -2.27. The summed E-state index contributed by atoms with van der Waals surface area (Å²) in [7, 11) is 0. The summed E-state index contributed by atoms with van der Waals surface area (Å²) in [5.41, 5.74) is 9.92. The Bertz CT molecular complexity index is 2100. The number of ether oxygens (including phenoxy) is 2. The molecule has 6 heteroatoms. The Morgan fingerprint density at radius 2 is 0.593 bits per heavy atom. The van der Waals surface area contributed by atoms with E-state index in [4.69, 9.17) is 9.47 Å². The lowest BCUT2D eigenvalue weighted by atomic mass is 10.1. The maximum absolute atomic E-state index is 13.4. The Labute approximate surface area is 316 Å². The zero-order valence-corrected chi connectivity index (χ0v) is 30.7. The number of anilines is 6. The van der Waals surface area contributed by atoms with Gasteiger partial charge in [-0.2, -0.15) is 0 Å². The maximum Gasteiger partial charge on any atom is 0.343 e. The van der Waals surface area contributed by atoms with Gasteiger partial charge in [0.15, 0.2) is 0 Å². The van der Waals surface area contributed by atoms with Crippen LogP contribution in [-0.4, -0.2) is 11.9 Å². The second kappa shape index (κ2) is 15.8. The molecule has 0 aliphatic heterocycles. The number of hydrogen-bond acceptors (Lipinski definition) is 6. The molecule has 0 fully saturated rings. The number of benzene rings is 7. The van der Waals surface area contributed by atoms with Crippen molar-refractivity contribution in [3.05, 3.63) is 203 Å². The van der Waals surface area contributed by atoms with Gasteiger partial charge in [0.05, 0.1) is 11.1 Å². The molecule has 0 spiro atoms. The average Bonchev–Trinajstić information content (AvgIpc) is 3.19. The van der Waals surface area contributed by atoms with E-state index in [1.54, 1.807) is 24.3 Å². The van der Waals surface area contributed by atoms with Gasteiger partial charge in [-0.1, -0.05) is 72.8 Å². The van der Waals surface area contributed by atoms with Crippen molar-refractivity contribution in [2.24, 2.45) is 0 Å². The molecule has 0 amide bonds. The predicted octanol–water partition coefficient (Wildman–Crippen LogP) is 12.3. The van der Waals surface area contributed by atoms with Crippen LogP contribution in [0.2, 0.25) is 0 Å². The number of carbonyl (C=O) groups is 2. The van der Waals surface area contributed by atoms with Gasteiger partial charge in [-0.3, -0.25) is 0 Å². The van der Waals surface area contributed by atoms with E-state index in [2.05, 4.69) is 58.3 Å². The monoisotopic (exact) mass is 708 g/mol. The highest BCUT2D eigenvalue weighted by atomic mass is 16.5. The quantitative estimate of drug-likeness (QED) is 0.104. The topological polar surface area (TPSA) is 59.1 Å². The highest BCUT2D eigenvalue weighted by Crippen LogP contribution is 2.40. The average molecular weight is 709 g/mol. The second-order valence-corrected chi connectivity index (χ2v) is 13.2. The molecule has 0 unspecified atom stereocenters. The zero-order chi connectivity index (χ0) is 37.6. The van der Waals surface area contributed by atoms with Gasteiger partial charge in [0, 0.05) is 34.1 Å². The molecule has 0 saturated heterocycles. The summed E-state index contributed by atoms with van der Waals surface area (Å²) < 4.78 is 11.9. The fraction of sp³-hybridized carbons (Fsp3) is 0.0833. The number of esters is 2. The number of hydrogen-bond donors (Lipinski definition) is 0. The van der Waals surface area contributed by atoms with Crippen LogP contribution in [0.1, 0.15) is 43.0 Å². The van der Waals surface area contributed by atoms with Crippen LogP contribution in [0.3, 0.4) is 0 Å². The van der Waals surface area contributed by atoms with Crippen LogP contribution in [0.15, 0.2) is 170 Å². The highest BCUT2D eigenvalue weighted by Gasteiger charge is 2.21. The van der Waals surface area contributed by atoms with Gasteiger partial charge in [-0.15, -0.1) is 0 Å². The molecule has 0 aliphatic rings. The zero-order valence-electron chi connectivity index (χ0n) is 30.7. The molecule has 7 rings (SSSR count). The van der Waals surface area contributed by atoms with E-state index in [0.29, 0.717) is 22.6 Å². The van der Waals surface area contributed by atoms with Crippen LogP contribution in [0, 0.1) is 27.7 Å². The van der Waals surface area contributed by atoms with Crippen LogP contribution >= 0.6 is 0 Å². The fourth-order valence-corrected chi connectivity index (χ4v) is 6.68. The van der Waals surface area contributed by atoms with Crippen LogP contribution in [0.5, 0.6) is 11.5 Å². The first kappa shape index (κ1) is 35.5. The highest BCUT2D eigenvalue weighted by molar-refractivity contribution is 5.95. The molecule has 0 radical (unpaired) electrons. The molecule has 6 nitrogen and oxygen atoms in total. The molecule has 0 saturated carbocycles. The normalized spacial score (nSPS) is 10.7. The first-order valence-corrected chi connectivity index (χ1v) is 17.8. The van der Waals surface area contributed by atoms with Crippen molar-refractivity contribution >= 4 is 46.1 Å². The Morgan fingerprint density at radius 1 is 0.352 bits per heavy atom. The summed E-state index contributed by atoms with van der Waals surface area (Å²) in [5, 5.41) is 0. The number of para-hydroxylation sites is 4. The minimum Gasteiger partial charge on any atom is -0.422 e. The van der Waals surface area contributed by atoms with Gasteiger partial charge >= 0.3 is 11.9 Å². The van der Waals surface area contributed by atoms with Crippen LogP contribution < -0.4 is 19.3 Å². The smallest absolute Gasteiger partial charge is 0.343 e. The Kier molecular flexibility index (Phi) is 10.4. The molecule has 54 heavy (non-hydrogen) atoms. The van der Waals surface area contributed by atoms with Gasteiger partial charge < -0.3 is 19.3 Å². The van der Waals surface area contributed by atoms with Gasteiger partial charge in [-0.25, -0.2) is 9.59 Å². The lowest BCUT2D eigenvalue weighted by molar-refractivity contribution is 0.0718. The van der Waals surface area contributed by atoms with Gasteiger partial charge in [0.2, 0.25) is 0 Å². The van der Waals surface area contributed by atoms with Gasteiger partial charge in [0.25, 0.3) is 0 Å². The summed E-state index contributed by atoms with van der Waals surface area (Å²) in [6.07, 6.45) is 0. The van der Waals surface area contributed by atoms with Crippen molar-refractivity contribution in [3.63, 3.8) is 0 Å². The number of rotatable bonds is 10. The minimum absolute atomic E-state index is 0.322. The molecule has 0 aliphatic carbocycles. The molecule has 0 atom stereocenters. The molecule has 7 aromatic rings.